The normalized spacial score (nSPS) is 16.3. The van der Waals surface area contributed by atoms with Crippen molar-refractivity contribution in [3.8, 4) is 11.3 Å². The maximum atomic E-state index is 13.8. The number of nitrogens with one attached hydrogen (secondary N) is 1. The molecule has 0 unspecified atom stereocenters. The molecule has 2 fully saturated rings. The molecule has 2 aliphatic rings. The third kappa shape index (κ3) is 5.29. The molecule has 0 radical (unpaired) electrons. The van der Waals surface area contributed by atoms with Gasteiger partial charge in [0, 0.05) is 38.2 Å². The molecule has 194 valence electrons. The van der Waals surface area contributed by atoms with Crippen molar-refractivity contribution in [3.63, 3.8) is 0 Å². The van der Waals surface area contributed by atoms with Crippen molar-refractivity contribution in [1.82, 2.24) is 24.6 Å². The van der Waals surface area contributed by atoms with Gasteiger partial charge in [0.1, 0.15) is 11.4 Å². The maximum Gasteiger partial charge on any atom is 0.270 e. The molecule has 2 saturated carbocycles. The van der Waals surface area contributed by atoms with E-state index < -0.39 is 6.04 Å². The van der Waals surface area contributed by atoms with Crippen molar-refractivity contribution >= 4 is 17.5 Å². The Kier molecular flexibility index (Phi) is 6.84. The Morgan fingerprint density at radius 2 is 1.68 bits per heavy atom. The summed E-state index contributed by atoms with van der Waals surface area (Å²) in [5, 5.41) is 7.43. The highest BCUT2D eigenvalue weighted by Crippen LogP contribution is 2.51. The topological polar surface area (TPSA) is 98.9 Å². The van der Waals surface area contributed by atoms with Crippen molar-refractivity contribution in [2.45, 2.75) is 65.0 Å². The number of carbonyl (C=O) groups excluding carboxylic acids is 3. The van der Waals surface area contributed by atoms with E-state index in [0.717, 1.165) is 42.5 Å². The predicted octanol–water partition coefficient (Wildman–Crippen LogP) is 4.41. The quantitative estimate of drug-likeness (QED) is 0.392. The van der Waals surface area contributed by atoms with Crippen LogP contribution in [0.1, 0.15) is 79.0 Å². The summed E-state index contributed by atoms with van der Waals surface area (Å²) in [4.78, 5) is 43.3. The van der Waals surface area contributed by atoms with Crippen LogP contribution in [0, 0.1) is 17.8 Å². The van der Waals surface area contributed by atoms with Crippen LogP contribution in [0.2, 0.25) is 0 Å². The predicted molar refractivity (Wildman–Crippen MR) is 140 cm³/mol. The molecule has 3 aromatic rings. The first kappa shape index (κ1) is 25.1. The fourth-order valence-corrected chi connectivity index (χ4v) is 5.52. The Balaban J connectivity index is 1.37. The van der Waals surface area contributed by atoms with Crippen molar-refractivity contribution in [2.75, 3.05) is 0 Å². The van der Waals surface area contributed by atoms with Crippen LogP contribution in [-0.2, 0) is 18.3 Å². The van der Waals surface area contributed by atoms with Crippen molar-refractivity contribution in [3.05, 3.63) is 59.8 Å². The Bertz CT molecular complexity index is 1300. The maximum absolute atomic E-state index is 13.8. The zero-order chi connectivity index (χ0) is 26.3. The van der Waals surface area contributed by atoms with Crippen molar-refractivity contribution in [2.24, 2.45) is 24.8 Å². The zero-order valence-corrected chi connectivity index (χ0v) is 22.0. The minimum Gasteiger partial charge on any atom is -0.341 e. The van der Waals surface area contributed by atoms with Gasteiger partial charge in [-0.2, -0.15) is 5.10 Å². The number of amides is 1. The van der Waals surface area contributed by atoms with Crippen molar-refractivity contribution in [1.29, 1.82) is 0 Å². The monoisotopic (exact) mass is 501 g/mol. The molecule has 0 spiro atoms. The first-order valence-corrected chi connectivity index (χ1v) is 13.2. The molecule has 8 heteroatoms. The summed E-state index contributed by atoms with van der Waals surface area (Å²) in [5.74, 6) is 0.935. The molecule has 5 rings (SSSR count). The summed E-state index contributed by atoms with van der Waals surface area (Å²) in [5.41, 5.74) is 3.45. The standard InChI is InChI=1S/C29H35N5O3/c1-17(2)34-23(13-14-31-34)29(37)32-27(25(20-9-10-20)21-11-12-21)24(36)15-19-5-7-22(8-6-19)28-26(18(3)35)30-16-33(28)4/h5-8,13-14,16-17,20-21,25,27H,9-12,15H2,1-4H3,(H,32,37)/t27-/m1/s1. The number of benzene rings is 1. The number of carbonyl (C=O) groups is 3. The van der Waals surface area contributed by atoms with E-state index in [2.05, 4.69) is 15.4 Å². The minimum atomic E-state index is -0.510. The molecule has 1 N–H and O–H groups in total. The van der Waals surface area contributed by atoms with E-state index in [1.165, 1.54) is 6.92 Å². The van der Waals surface area contributed by atoms with Crippen LogP contribution in [0.3, 0.4) is 0 Å². The lowest BCUT2D eigenvalue weighted by Gasteiger charge is -2.27. The number of Topliss-reactive ketones (excluding diaryl/α,β-unsaturated/α-hetero) is 2. The second kappa shape index (κ2) is 10.1. The molecule has 2 aromatic heterocycles. The Labute approximate surface area is 217 Å². The molecule has 2 heterocycles. The van der Waals surface area contributed by atoms with Gasteiger partial charge >= 0.3 is 0 Å². The number of rotatable bonds is 11. The molecular weight excluding hydrogens is 466 g/mol. The summed E-state index contributed by atoms with van der Waals surface area (Å²) in [7, 11) is 1.86. The van der Waals surface area contributed by atoms with Gasteiger partial charge in [0.25, 0.3) is 5.91 Å². The number of nitrogens with zero attached hydrogens (tertiary/aromatic N) is 4. The fourth-order valence-electron chi connectivity index (χ4n) is 5.52. The number of ketones is 2. The number of hydrogen-bond donors (Lipinski definition) is 1. The fraction of sp³-hybridized carbons (Fsp3) is 0.483. The molecule has 37 heavy (non-hydrogen) atoms. The third-order valence-corrected chi connectivity index (χ3v) is 7.62. The first-order chi connectivity index (χ1) is 17.7. The van der Waals surface area contributed by atoms with Gasteiger partial charge < -0.3 is 9.88 Å². The summed E-state index contributed by atoms with van der Waals surface area (Å²) >= 11 is 0. The third-order valence-electron chi connectivity index (χ3n) is 7.62. The van der Waals surface area contributed by atoms with Crippen molar-refractivity contribution < 1.29 is 14.4 Å². The van der Waals surface area contributed by atoms with Crippen LogP contribution in [0.25, 0.3) is 11.3 Å². The molecule has 1 atom stereocenters. The minimum absolute atomic E-state index is 0.0467. The number of aryl methyl sites for hydroxylation is 1. The van der Waals surface area contributed by atoms with Gasteiger partial charge in [0.15, 0.2) is 11.6 Å². The number of aromatic nitrogens is 4. The average Bonchev–Trinajstić information content (AvgIpc) is 3.79. The summed E-state index contributed by atoms with van der Waals surface area (Å²) in [6.45, 7) is 5.48. The van der Waals surface area contributed by atoms with Crippen LogP contribution in [0.5, 0.6) is 0 Å². The molecule has 0 bridgehead atoms. The van der Waals surface area contributed by atoms with Gasteiger partial charge in [0.2, 0.25) is 0 Å². The summed E-state index contributed by atoms with van der Waals surface area (Å²) < 4.78 is 3.53. The van der Waals surface area contributed by atoms with E-state index in [0.29, 0.717) is 23.2 Å². The van der Waals surface area contributed by atoms with E-state index in [1.807, 2.05) is 49.7 Å². The van der Waals surface area contributed by atoms with Gasteiger partial charge in [0.05, 0.1) is 18.1 Å². The van der Waals surface area contributed by atoms with Gasteiger partial charge in [-0.1, -0.05) is 24.3 Å². The SMILES string of the molecule is CC(=O)c1ncn(C)c1-c1ccc(CC(=O)[C@@H](NC(=O)c2ccnn2C(C)C)C(C2CC2)C2CC2)cc1. The molecule has 1 amide bonds. The second-order valence-corrected chi connectivity index (χ2v) is 10.9. The van der Waals surface area contributed by atoms with Gasteiger partial charge in [-0.15, -0.1) is 0 Å². The summed E-state index contributed by atoms with van der Waals surface area (Å²) in [6, 6.07) is 8.98. The lowest BCUT2D eigenvalue weighted by Crippen LogP contribution is -2.48. The highest BCUT2D eigenvalue weighted by molar-refractivity contribution is 5.99. The highest BCUT2D eigenvalue weighted by atomic mass is 16.2. The van der Waals surface area contributed by atoms with E-state index in [4.69, 9.17) is 0 Å². The Morgan fingerprint density at radius 1 is 1.03 bits per heavy atom. The lowest BCUT2D eigenvalue weighted by atomic mass is 9.85. The Morgan fingerprint density at radius 3 is 2.24 bits per heavy atom. The Hall–Kier alpha value is -3.55. The number of imidazole rings is 1. The zero-order valence-electron chi connectivity index (χ0n) is 22.0. The molecule has 0 aliphatic heterocycles. The molecule has 0 saturated heterocycles. The molecular formula is C29H35N5O3. The lowest BCUT2D eigenvalue weighted by molar-refractivity contribution is -0.122. The largest absolute Gasteiger partial charge is 0.341 e. The molecule has 1 aromatic carbocycles. The van der Waals surface area contributed by atoms with E-state index in [1.54, 1.807) is 23.3 Å². The summed E-state index contributed by atoms with van der Waals surface area (Å²) in [6.07, 6.45) is 8.02. The van der Waals surface area contributed by atoms with Crippen LogP contribution < -0.4 is 5.32 Å². The van der Waals surface area contributed by atoms with Crippen LogP contribution in [-0.4, -0.2) is 42.8 Å². The second-order valence-electron chi connectivity index (χ2n) is 10.9. The highest BCUT2D eigenvalue weighted by Gasteiger charge is 2.48. The van der Waals surface area contributed by atoms with Gasteiger partial charge in [-0.05, 0) is 68.9 Å². The number of hydrogen-bond acceptors (Lipinski definition) is 5. The van der Waals surface area contributed by atoms with E-state index >= 15 is 0 Å². The van der Waals surface area contributed by atoms with Gasteiger partial charge in [-0.3, -0.25) is 19.1 Å². The van der Waals surface area contributed by atoms with Crippen LogP contribution in [0.15, 0.2) is 42.9 Å². The average molecular weight is 502 g/mol. The van der Waals surface area contributed by atoms with E-state index in [-0.39, 0.29) is 35.9 Å². The van der Waals surface area contributed by atoms with Crippen LogP contribution in [0.4, 0.5) is 0 Å². The van der Waals surface area contributed by atoms with Crippen LogP contribution >= 0.6 is 0 Å². The molecule has 2 aliphatic carbocycles. The van der Waals surface area contributed by atoms with E-state index in [9.17, 15) is 14.4 Å². The van der Waals surface area contributed by atoms with Gasteiger partial charge in [-0.25, -0.2) is 4.98 Å². The first-order valence-electron chi connectivity index (χ1n) is 13.2. The molecule has 8 nitrogen and oxygen atoms in total. The smallest absolute Gasteiger partial charge is 0.270 e.